The van der Waals surface area contributed by atoms with Crippen LogP contribution in [0, 0.1) is 23.7 Å². The minimum absolute atomic E-state index is 0.585. The summed E-state index contributed by atoms with van der Waals surface area (Å²) in [6.45, 7) is 4.49. The van der Waals surface area contributed by atoms with E-state index in [4.69, 9.17) is 9.47 Å². The molecule has 0 spiro atoms. The van der Waals surface area contributed by atoms with Crippen LogP contribution in [0.15, 0.2) is 0 Å². The SMILES string of the molecule is C1CCC2OCN(C3CCC(CC4CCC(N5COC6CCCCC6C5)CC4)CC3)CC2C1. The highest BCUT2D eigenvalue weighted by Gasteiger charge is 2.38. The van der Waals surface area contributed by atoms with Crippen molar-refractivity contribution in [1.82, 2.24) is 9.80 Å². The number of nitrogens with zero attached hydrogens (tertiary/aromatic N) is 2. The number of ether oxygens (including phenoxy) is 2. The maximum Gasteiger partial charge on any atom is 0.0996 e. The summed E-state index contributed by atoms with van der Waals surface area (Å²) in [5, 5.41) is 0. The minimum Gasteiger partial charge on any atom is -0.363 e. The van der Waals surface area contributed by atoms with Crippen molar-refractivity contribution in [3.8, 4) is 0 Å². The molecule has 188 valence electrons. The Hall–Kier alpha value is -0.160. The summed E-state index contributed by atoms with van der Waals surface area (Å²) >= 11 is 0. The van der Waals surface area contributed by atoms with E-state index in [0.717, 1.165) is 49.2 Å². The zero-order chi connectivity index (χ0) is 22.0. The highest BCUT2D eigenvalue weighted by Crippen LogP contribution is 2.40. The van der Waals surface area contributed by atoms with Crippen molar-refractivity contribution < 1.29 is 9.47 Å². The molecule has 4 unspecified atom stereocenters. The van der Waals surface area contributed by atoms with Crippen LogP contribution in [0.2, 0.25) is 0 Å². The first kappa shape index (κ1) is 23.3. The molecule has 0 bridgehead atoms. The molecule has 2 heterocycles. The third kappa shape index (κ3) is 5.49. The fourth-order valence-corrected chi connectivity index (χ4v) is 8.77. The Labute approximate surface area is 203 Å². The first-order valence-electron chi connectivity index (χ1n) is 15.0. The van der Waals surface area contributed by atoms with Gasteiger partial charge < -0.3 is 9.47 Å². The molecule has 4 atom stereocenters. The maximum atomic E-state index is 6.30. The van der Waals surface area contributed by atoms with E-state index in [-0.39, 0.29) is 0 Å². The van der Waals surface area contributed by atoms with Crippen molar-refractivity contribution in [2.24, 2.45) is 23.7 Å². The Morgan fingerprint density at radius 2 is 0.909 bits per heavy atom. The van der Waals surface area contributed by atoms with E-state index in [1.165, 1.54) is 122 Å². The molecule has 0 amide bonds. The van der Waals surface area contributed by atoms with Crippen molar-refractivity contribution >= 4 is 0 Å². The molecule has 33 heavy (non-hydrogen) atoms. The van der Waals surface area contributed by atoms with Crippen LogP contribution in [0.5, 0.6) is 0 Å². The van der Waals surface area contributed by atoms with Crippen LogP contribution in [0.1, 0.15) is 109 Å². The summed E-state index contributed by atoms with van der Waals surface area (Å²) in [6.07, 6.45) is 25.4. The summed E-state index contributed by atoms with van der Waals surface area (Å²) in [7, 11) is 0. The Morgan fingerprint density at radius 3 is 1.36 bits per heavy atom. The van der Waals surface area contributed by atoms with Crippen LogP contribution in [0.4, 0.5) is 0 Å². The average molecular weight is 459 g/mol. The van der Waals surface area contributed by atoms with Gasteiger partial charge in [0.15, 0.2) is 0 Å². The lowest BCUT2D eigenvalue weighted by Crippen LogP contribution is -2.51. The van der Waals surface area contributed by atoms with Gasteiger partial charge in [0.2, 0.25) is 0 Å². The summed E-state index contributed by atoms with van der Waals surface area (Å²) in [5.41, 5.74) is 0. The Morgan fingerprint density at radius 1 is 0.485 bits per heavy atom. The van der Waals surface area contributed by atoms with E-state index < -0.39 is 0 Å². The Bertz CT molecular complexity index is 561. The molecule has 2 aliphatic heterocycles. The zero-order valence-corrected chi connectivity index (χ0v) is 21.2. The Kier molecular flexibility index (Phi) is 7.64. The van der Waals surface area contributed by atoms with Crippen LogP contribution in [0.25, 0.3) is 0 Å². The van der Waals surface area contributed by atoms with E-state index in [0.29, 0.717) is 12.2 Å². The molecule has 6 rings (SSSR count). The molecule has 0 N–H and O–H groups in total. The summed E-state index contributed by atoms with van der Waals surface area (Å²) in [6, 6.07) is 1.62. The van der Waals surface area contributed by atoms with Gasteiger partial charge in [-0.15, -0.1) is 0 Å². The lowest BCUT2D eigenvalue weighted by atomic mass is 9.75. The monoisotopic (exact) mass is 458 g/mol. The normalized spacial score (nSPS) is 45.8. The predicted molar refractivity (Wildman–Crippen MR) is 133 cm³/mol. The molecule has 0 aromatic rings. The molecule has 0 aromatic heterocycles. The zero-order valence-electron chi connectivity index (χ0n) is 21.2. The Balaban J connectivity index is 0.903. The second kappa shape index (κ2) is 10.8. The van der Waals surface area contributed by atoms with Crippen molar-refractivity contribution in [3.05, 3.63) is 0 Å². The smallest absolute Gasteiger partial charge is 0.0996 e. The second-order valence-electron chi connectivity index (χ2n) is 12.9. The summed E-state index contributed by atoms with van der Waals surface area (Å²) in [4.78, 5) is 5.46. The number of rotatable bonds is 4. The van der Waals surface area contributed by atoms with Gasteiger partial charge in [0, 0.05) is 25.2 Å². The molecular weight excluding hydrogens is 408 g/mol. The largest absolute Gasteiger partial charge is 0.363 e. The fourth-order valence-electron chi connectivity index (χ4n) is 8.77. The highest BCUT2D eigenvalue weighted by molar-refractivity contribution is 4.89. The molecule has 4 heteroatoms. The van der Waals surface area contributed by atoms with Crippen molar-refractivity contribution in [3.63, 3.8) is 0 Å². The first-order valence-corrected chi connectivity index (χ1v) is 15.0. The number of fused-ring (bicyclic) bond motifs is 2. The number of hydrogen-bond donors (Lipinski definition) is 0. The minimum atomic E-state index is 0.585. The van der Waals surface area contributed by atoms with Gasteiger partial charge in [0.1, 0.15) is 0 Å². The van der Waals surface area contributed by atoms with Crippen LogP contribution in [-0.2, 0) is 9.47 Å². The molecule has 0 aromatic carbocycles. The molecular formula is C29H50N2O2. The molecule has 6 fully saturated rings. The first-order chi connectivity index (χ1) is 16.3. The third-order valence-corrected chi connectivity index (χ3v) is 10.9. The molecule has 0 radical (unpaired) electrons. The van der Waals surface area contributed by atoms with Crippen LogP contribution in [0.3, 0.4) is 0 Å². The molecule has 4 aliphatic carbocycles. The molecule has 4 saturated carbocycles. The van der Waals surface area contributed by atoms with Crippen LogP contribution in [-0.4, -0.2) is 60.6 Å². The van der Waals surface area contributed by atoms with Gasteiger partial charge in [0.05, 0.1) is 25.7 Å². The van der Waals surface area contributed by atoms with Crippen molar-refractivity contribution in [1.29, 1.82) is 0 Å². The van der Waals surface area contributed by atoms with Gasteiger partial charge in [-0.1, -0.05) is 25.7 Å². The maximum absolute atomic E-state index is 6.30. The van der Waals surface area contributed by atoms with Crippen LogP contribution >= 0.6 is 0 Å². The van der Waals surface area contributed by atoms with Gasteiger partial charge in [-0.25, -0.2) is 0 Å². The fraction of sp³-hybridized carbons (Fsp3) is 1.00. The average Bonchev–Trinajstić information content (AvgIpc) is 2.89. The predicted octanol–water partition coefficient (Wildman–Crippen LogP) is 6.19. The van der Waals surface area contributed by atoms with Gasteiger partial charge in [-0.05, 0) is 107 Å². The summed E-state index contributed by atoms with van der Waals surface area (Å²) < 4.78 is 12.6. The number of hydrogen-bond acceptors (Lipinski definition) is 4. The van der Waals surface area contributed by atoms with E-state index >= 15 is 0 Å². The summed E-state index contributed by atoms with van der Waals surface area (Å²) in [5.74, 6) is 3.65. The van der Waals surface area contributed by atoms with E-state index in [1.54, 1.807) is 0 Å². The van der Waals surface area contributed by atoms with Gasteiger partial charge >= 0.3 is 0 Å². The lowest BCUT2D eigenvalue weighted by molar-refractivity contribution is -0.135. The van der Waals surface area contributed by atoms with E-state index in [9.17, 15) is 0 Å². The van der Waals surface area contributed by atoms with Gasteiger partial charge in [0.25, 0.3) is 0 Å². The quantitative estimate of drug-likeness (QED) is 0.501. The van der Waals surface area contributed by atoms with E-state index in [1.807, 2.05) is 0 Å². The van der Waals surface area contributed by atoms with Crippen molar-refractivity contribution in [2.45, 2.75) is 133 Å². The highest BCUT2D eigenvalue weighted by atomic mass is 16.5. The second-order valence-corrected chi connectivity index (χ2v) is 12.9. The molecule has 6 aliphatic rings. The van der Waals surface area contributed by atoms with Crippen molar-refractivity contribution in [2.75, 3.05) is 26.6 Å². The van der Waals surface area contributed by atoms with E-state index in [2.05, 4.69) is 9.80 Å². The van der Waals surface area contributed by atoms with Crippen LogP contribution < -0.4 is 0 Å². The standard InChI is InChI=1S/C29H50N2O2/c1-3-7-28-24(5-1)18-30(20-32-28)26-13-9-22(10-14-26)17-23-11-15-27(16-12-23)31-19-25-6-2-4-8-29(25)33-21-31/h22-29H,1-21H2. The van der Waals surface area contributed by atoms with Gasteiger partial charge in [-0.3, -0.25) is 9.80 Å². The lowest BCUT2D eigenvalue weighted by Gasteiger charge is -2.46. The third-order valence-electron chi connectivity index (χ3n) is 10.9. The molecule has 2 saturated heterocycles. The topological polar surface area (TPSA) is 24.9 Å². The molecule has 4 nitrogen and oxygen atoms in total. The van der Waals surface area contributed by atoms with Gasteiger partial charge in [-0.2, -0.15) is 0 Å².